The molecule has 1 unspecified atom stereocenters. The van der Waals surface area contributed by atoms with Crippen molar-refractivity contribution in [3.8, 4) is 5.75 Å². The lowest BCUT2D eigenvalue weighted by molar-refractivity contribution is 0.0943. The molecule has 0 saturated carbocycles. The van der Waals surface area contributed by atoms with Crippen molar-refractivity contribution in [3.63, 3.8) is 0 Å². The number of carbonyl (C=O) groups is 2. The van der Waals surface area contributed by atoms with Crippen molar-refractivity contribution >= 4 is 11.8 Å². The number of methoxy groups -OCH3 is 1. The number of amides is 2. The highest BCUT2D eigenvalue weighted by Gasteiger charge is 2.22. The summed E-state index contributed by atoms with van der Waals surface area (Å²) in [4.78, 5) is 27.1. The number of aromatic nitrogens is 1. The Hall–Kier alpha value is -2.80. The Morgan fingerprint density at radius 3 is 2.54 bits per heavy atom. The second-order valence-electron chi connectivity index (χ2n) is 5.66. The maximum Gasteiger partial charge on any atom is 0.271 e. The Balaban J connectivity index is 2.33. The van der Waals surface area contributed by atoms with Crippen LogP contribution in [0.15, 0.2) is 36.4 Å². The second kappa shape index (κ2) is 9.62. The molecule has 0 radical (unpaired) electrons. The topological polar surface area (TPSA) is 92.4 Å². The van der Waals surface area contributed by atoms with Crippen molar-refractivity contribution in [1.82, 2.24) is 15.6 Å². The number of hydrogen-bond donors (Lipinski definition) is 3. The minimum Gasteiger partial charge on any atom is -0.483 e. The van der Waals surface area contributed by atoms with E-state index in [1.165, 1.54) is 7.05 Å². The molecule has 1 aromatic carbocycles. The summed E-state index contributed by atoms with van der Waals surface area (Å²) in [6.07, 6.45) is 0.299. The molecule has 1 heterocycles. The zero-order valence-corrected chi connectivity index (χ0v) is 15.3. The average Bonchev–Trinajstić information content (AvgIpc) is 3.09. The Morgan fingerprint density at radius 1 is 1.19 bits per heavy atom. The van der Waals surface area contributed by atoms with Gasteiger partial charge in [-0.05, 0) is 12.5 Å². The lowest BCUT2D eigenvalue weighted by Crippen LogP contribution is -2.23. The van der Waals surface area contributed by atoms with Crippen LogP contribution in [0.1, 0.15) is 46.0 Å². The minimum absolute atomic E-state index is 0.215. The zero-order chi connectivity index (χ0) is 18.9. The predicted molar refractivity (Wildman–Crippen MR) is 98.5 cm³/mol. The molecule has 0 fully saturated rings. The molecule has 26 heavy (non-hydrogen) atoms. The van der Waals surface area contributed by atoms with Crippen molar-refractivity contribution in [1.29, 1.82) is 0 Å². The van der Waals surface area contributed by atoms with E-state index >= 15 is 0 Å². The minimum atomic E-state index is -0.353. The van der Waals surface area contributed by atoms with Gasteiger partial charge in [-0.3, -0.25) is 9.59 Å². The summed E-state index contributed by atoms with van der Waals surface area (Å²) in [6, 6.07) is 11.2. The third kappa shape index (κ3) is 4.86. The molecule has 2 aromatic rings. The quantitative estimate of drug-likeness (QED) is 0.640. The average molecular weight is 359 g/mol. The number of ether oxygens (including phenoxy) is 2. The van der Waals surface area contributed by atoms with Crippen LogP contribution in [0.3, 0.4) is 0 Å². The van der Waals surface area contributed by atoms with Crippen LogP contribution in [-0.4, -0.2) is 44.1 Å². The van der Waals surface area contributed by atoms with Crippen molar-refractivity contribution in [2.24, 2.45) is 0 Å². The first-order valence-electron chi connectivity index (χ1n) is 8.54. The Morgan fingerprint density at radius 2 is 1.92 bits per heavy atom. The molecule has 7 nitrogen and oxygen atoms in total. The molecule has 140 valence electrons. The van der Waals surface area contributed by atoms with Crippen molar-refractivity contribution < 1.29 is 19.1 Å². The van der Waals surface area contributed by atoms with E-state index in [2.05, 4.69) is 15.6 Å². The molecule has 0 aliphatic rings. The molecule has 0 spiro atoms. The van der Waals surface area contributed by atoms with E-state index in [1.807, 2.05) is 37.3 Å². The van der Waals surface area contributed by atoms with Gasteiger partial charge in [0.2, 0.25) is 0 Å². The third-order valence-corrected chi connectivity index (χ3v) is 3.84. The lowest BCUT2D eigenvalue weighted by atomic mass is 10.1. The summed E-state index contributed by atoms with van der Waals surface area (Å²) in [5, 5.41) is 5.26. The summed E-state index contributed by atoms with van der Waals surface area (Å²) in [7, 11) is 3.15. The summed E-state index contributed by atoms with van der Waals surface area (Å²) >= 11 is 0. The lowest BCUT2D eigenvalue weighted by Gasteiger charge is -2.19. The standard InChI is InChI=1S/C19H25N3O4/c1-4-21-18(23)14-12-16(17(22-14)19(24)20-2)26-15(10-11-25-3)13-8-6-5-7-9-13/h5-9,12,15,22H,4,10-11H2,1-3H3,(H,20,24)(H,21,23). The number of benzene rings is 1. The van der Waals surface area contributed by atoms with Crippen LogP contribution in [0, 0.1) is 0 Å². The van der Waals surface area contributed by atoms with Crippen molar-refractivity contribution in [2.45, 2.75) is 19.4 Å². The third-order valence-electron chi connectivity index (χ3n) is 3.84. The molecule has 2 rings (SSSR count). The highest BCUT2D eigenvalue weighted by molar-refractivity contribution is 5.99. The predicted octanol–water partition coefficient (Wildman–Crippen LogP) is 2.28. The van der Waals surface area contributed by atoms with Gasteiger partial charge in [-0.1, -0.05) is 30.3 Å². The maximum absolute atomic E-state index is 12.2. The Labute approximate surface area is 153 Å². The van der Waals surface area contributed by atoms with E-state index < -0.39 is 0 Å². The Bertz CT molecular complexity index is 728. The molecule has 3 N–H and O–H groups in total. The molecule has 1 aromatic heterocycles. The first-order valence-corrected chi connectivity index (χ1v) is 8.54. The second-order valence-corrected chi connectivity index (χ2v) is 5.66. The van der Waals surface area contributed by atoms with Gasteiger partial charge >= 0.3 is 0 Å². The van der Waals surface area contributed by atoms with Crippen LogP contribution in [0.5, 0.6) is 5.75 Å². The molecule has 0 saturated heterocycles. The largest absolute Gasteiger partial charge is 0.483 e. The van der Waals surface area contributed by atoms with E-state index in [4.69, 9.17) is 9.47 Å². The zero-order valence-electron chi connectivity index (χ0n) is 15.3. The first kappa shape index (κ1) is 19.5. The number of hydrogen-bond acceptors (Lipinski definition) is 4. The van der Waals surface area contributed by atoms with Crippen molar-refractivity contribution in [3.05, 3.63) is 53.3 Å². The summed E-state index contributed by atoms with van der Waals surface area (Å²) < 4.78 is 11.3. The van der Waals surface area contributed by atoms with Gasteiger partial charge in [0.25, 0.3) is 11.8 Å². The molecule has 0 aliphatic carbocycles. The highest BCUT2D eigenvalue weighted by atomic mass is 16.5. The SMILES string of the molecule is CCNC(=O)c1cc(OC(CCOC)c2ccccc2)c(C(=O)NC)[nH]1. The molecular weight excluding hydrogens is 334 g/mol. The van der Waals surface area contributed by atoms with E-state index in [9.17, 15) is 9.59 Å². The van der Waals surface area contributed by atoms with Crippen LogP contribution in [-0.2, 0) is 4.74 Å². The van der Waals surface area contributed by atoms with Gasteiger partial charge in [0.1, 0.15) is 17.5 Å². The van der Waals surface area contributed by atoms with Gasteiger partial charge in [-0.25, -0.2) is 0 Å². The fraction of sp³-hybridized carbons (Fsp3) is 0.368. The number of aromatic amines is 1. The van der Waals surface area contributed by atoms with E-state index in [0.29, 0.717) is 25.3 Å². The normalized spacial score (nSPS) is 11.7. The molecule has 7 heteroatoms. The number of nitrogens with one attached hydrogen (secondary N) is 3. The molecule has 0 aliphatic heterocycles. The van der Waals surface area contributed by atoms with Gasteiger partial charge in [0, 0.05) is 33.2 Å². The van der Waals surface area contributed by atoms with Gasteiger partial charge in [-0.15, -0.1) is 0 Å². The van der Waals surface area contributed by atoms with Gasteiger partial charge in [0.15, 0.2) is 5.75 Å². The fourth-order valence-corrected chi connectivity index (χ4v) is 2.54. The summed E-state index contributed by atoms with van der Waals surface area (Å²) in [5.74, 6) is -0.315. The van der Waals surface area contributed by atoms with E-state index in [-0.39, 0.29) is 29.3 Å². The number of H-pyrrole nitrogens is 1. The van der Waals surface area contributed by atoms with Crippen LogP contribution in [0.2, 0.25) is 0 Å². The van der Waals surface area contributed by atoms with Crippen LogP contribution < -0.4 is 15.4 Å². The first-order chi connectivity index (χ1) is 12.6. The van der Waals surface area contributed by atoms with Gasteiger partial charge < -0.3 is 25.1 Å². The highest BCUT2D eigenvalue weighted by Crippen LogP contribution is 2.29. The Kier molecular flexibility index (Phi) is 7.23. The summed E-state index contributed by atoms with van der Waals surface area (Å²) in [5.41, 5.74) is 1.46. The van der Waals surface area contributed by atoms with Crippen LogP contribution in [0.4, 0.5) is 0 Å². The van der Waals surface area contributed by atoms with E-state index in [0.717, 1.165) is 5.56 Å². The fourth-order valence-electron chi connectivity index (χ4n) is 2.54. The number of rotatable bonds is 9. The maximum atomic E-state index is 12.2. The van der Waals surface area contributed by atoms with Gasteiger partial charge in [-0.2, -0.15) is 0 Å². The molecular formula is C19H25N3O4. The molecule has 0 bridgehead atoms. The van der Waals surface area contributed by atoms with Crippen LogP contribution in [0.25, 0.3) is 0 Å². The monoisotopic (exact) mass is 359 g/mol. The number of carbonyl (C=O) groups excluding carboxylic acids is 2. The van der Waals surface area contributed by atoms with Gasteiger partial charge in [0.05, 0.1) is 6.61 Å². The van der Waals surface area contributed by atoms with Crippen molar-refractivity contribution in [2.75, 3.05) is 27.3 Å². The van der Waals surface area contributed by atoms with Crippen LogP contribution >= 0.6 is 0 Å². The smallest absolute Gasteiger partial charge is 0.271 e. The molecule has 2 amide bonds. The van der Waals surface area contributed by atoms with E-state index in [1.54, 1.807) is 13.2 Å². The summed E-state index contributed by atoms with van der Waals surface area (Å²) in [6.45, 7) is 2.82. The molecule has 1 atom stereocenters.